The molecule has 27 heavy (non-hydrogen) atoms. The molecule has 1 aromatic heterocycles. The van der Waals surface area contributed by atoms with Crippen LogP contribution in [-0.4, -0.2) is 35.5 Å². The molecular formula is C20H27N3O4. The van der Waals surface area contributed by atoms with Crippen LogP contribution in [-0.2, 0) is 24.8 Å². The van der Waals surface area contributed by atoms with Gasteiger partial charge in [-0.1, -0.05) is 6.07 Å². The quantitative estimate of drug-likeness (QED) is 0.843. The third-order valence-electron chi connectivity index (χ3n) is 4.70. The number of ether oxygens (including phenoxy) is 3. The number of nitrogens with one attached hydrogen (secondary N) is 1. The Hall–Kier alpha value is -2.54. The molecule has 2 atom stereocenters. The van der Waals surface area contributed by atoms with Gasteiger partial charge in [-0.2, -0.15) is 5.10 Å². The molecule has 1 aromatic carbocycles. The predicted octanol–water partition coefficient (Wildman–Crippen LogP) is 2.78. The first-order valence-electron chi connectivity index (χ1n) is 9.23. The zero-order chi connectivity index (χ0) is 19.6. The summed E-state index contributed by atoms with van der Waals surface area (Å²) in [4.78, 5) is 12.8. The van der Waals surface area contributed by atoms with Crippen LogP contribution in [0.2, 0.25) is 0 Å². The molecule has 7 nitrogen and oxygen atoms in total. The predicted molar refractivity (Wildman–Crippen MR) is 101 cm³/mol. The van der Waals surface area contributed by atoms with E-state index in [1.807, 2.05) is 46.0 Å². The van der Waals surface area contributed by atoms with Gasteiger partial charge in [0.2, 0.25) is 0 Å². The summed E-state index contributed by atoms with van der Waals surface area (Å²) < 4.78 is 18.5. The average Bonchev–Trinajstić information content (AvgIpc) is 2.97. The molecule has 146 valence electrons. The molecule has 1 aliphatic heterocycles. The number of aryl methyl sites for hydroxylation is 1. The highest BCUT2D eigenvalue weighted by molar-refractivity contribution is 5.94. The van der Waals surface area contributed by atoms with Crippen molar-refractivity contribution in [2.75, 3.05) is 13.7 Å². The van der Waals surface area contributed by atoms with E-state index in [4.69, 9.17) is 14.2 Å². The van der Waals surface area contributed by atoms with E-state index in [0.29, 0.717) is 36.8 Å². The summed E-state index contributed by atoms with van der Waals surface area (Å²) >= 11 is 0. The number of benzene rings is 1. The van der Waals surface area contributed by atoms with E-state index in [2.05, 4.69) is 10.4 Å². The standard InChI is InChI=1S/C20H27N3O4/c1-6-26-17-10-14(7-8-16(17)25-5)11-21-20(24)18-15-9-12(2)27-13(3)19(15)23(4)22-18/h7-8,10,12-13H,6,9,11H2,1-5H3,(H,21,24)/t12-,13+/m0/s1. The van der Waals surface area contributed by atoms with Gasteiger partial charge in [0.25, 0.3) is 5.91 Å². The van der Waals surface area contributed by atoms with Gasteiger partial charge in [0.1, 0.15) is 0 Å². The van der Waals surface area contributed by atoms with Crippen LogP contribution in [0.5, 0.6) is 11.5 Å². The lowest BCUT2D eigenvalue weighted by Gasteiger charge is -2.26. The minimum absolute atomic E-state index is 0.0681. The van der Waals surface area contributed by atoms with Crippen LogP contribution in [0.4, 0.5) is 0 Å². The molecular weight excluding hydrogens is 346 g/mol. The van der Waals surface area contributed by atoms with Crippen molar-refractivity contribution in [1.82, 2.24) is 15.1 Å². The Bertz CT molecular complexity index is 831. The summed E-state index contributed by atoms with van der Waals surface area (Å²) in [5.74, 6) is 1.16. The summed E-state index contributed by atoms with van der Waals surface area (Å²) in [5, 5.41) is 7.41. The second-order valence-electron chi connectivity index (χ2n) is 6.73. The van der Waals surface area contributed by atoms with E-state index in [9.17, 15) is 4.79 Å². The van der Waals surface area contributed by atoms with Crippen LogP contribution in [0.25, 0.3) is 0 Å². The van der Waals surface area contributed by atoms with Gasteiger partial charge in [-0.25, -0.2) is 0 Å². The second-order valence-corrected chi connectivity index (χ2v) is 6.73. The van der Waals surface area contributed by atoms with Gasteiger partial charge >= 0.3 is 0 Å². The largest absolute Gasteiger partial charge is 0.493 e. The molecule has 0 spiro atoms. The molecule has 7 heteroatoms. The molecule has 0 fully saturated rings. The molecule has 2 aromatic rings. The van der Waals surface area contributed by atoms with E-state index in [-0.39, 0.29) is 18.1 Å². The molecule has 3 rings (SSSR count). The summed E-state index contributed by atoms with van der Waals surface area (Å²) in [5.41, 5.74) is 3.36. The molecule has 0 radical (unpaired) electrons. The smallest absolute Gasteiger partial charge is 0.272 e. The van der Waals surface area contributed by atoms with E-state index < -0.39 is 0 Å². The number of nitrogens with zero attached hydrogens (tertiary/aromatic N) is 2. The summed E-state index contributed by atoms with van der Waals surface area (Å²) in [7, 11) is 3.46. The van der Waals surface area contributed by atoms with Crippen molar-refractivity contribution in [3.05, 3.63) is 40.7 Å². The first-order chi connectivity index (χ1) is 12.9. The Kier molecular flexibility index (Phi) is 5.70. The third kappa shape index (κ3) is 3.93. The molecule has 1 N–H and O–H groups in total. The molecule has 0 unspecified atom stereocenters. The molecule has 1 aliphatic rings. The lowest BCUT2D eigenvalue weighted by Crippen LogP contribution is -2.27. The van der Waals surface area contributed by atoms with Crippen LogP contribution >= 0.6 is 0 Å². The normalized spacial score (nSPS) is 18.7. The number of methoxy groups -OCH3 is 1. The Labute approximate surface area is 159 Å². The number of carbonyl (C=O) groups excluding carboxylic acids is 1. The summed E-state index contributed by atoms with van der Waals surface area (Å²) in [6.45, 7) is 6.86. The fourth-order valence-electron chi connectivity index (χ4n) is 3.59. The topological polar surface area (TPSA) is 74.6 Å². The molecule has 0 bridgehead atoms. The molecule has 0 aliphatic carbocycles. The van der Waals surface area contributed by atoms with Gasteiger partial charge in [-0.3, -0.25) is 9.48 Å². The van der Waals surface area contributed by atoms with Gasteiger partial charge in [0.05, 0.1) is 31.6 Å². The van der Waals surface area contributed by atoms with Crippen molar-refractivity contribution in [2.45, 2.75) is 45.9 Å². The highest BCUT2D eigenvalue weighted by atomic mass is 16.5. The number of hydrogen-bond donors (Lipinski definition) is 1. The monoisotopic (exact) mass is 373 g/mol. The van der Waals surface area contributed by atoms with Crippen LogP contribution < -0.4 is 14.8 Å². The van der Waals surface area contributed by atoms with Gasteiger partial charge in [0.15, 0.2) is 17.2 Å². The third-order valence-corrected chi connectivity index (χ3v) is 4.70. The average molecular weight is 373 g/mol. The highest BCUT2D eigenvalue weighted by Gasteiger charge is 2.31. The summed E-state index contributed by atoms with van der Waals surface area (Å²) in [6.07, 6.45) is 0.685. The molecule has 0 saturated carbocycles. The summed E-state index contributed by atoms with van der Waals surface area (Å²) in [6, 6.07) is 5.64. The van der Waals surface area contributed by atoms with Crippen molar-refractivity contribution in [3.63, 3.8) is 0 Å². The number of fused-ring (bicyclic) bond motifs is 1. The number of rotatable bonds is 6. The Morgan fingerprint density at radius 2 is 2.15 bits per heavy atom. The Balaban J connectivity index is 1.76. The van der Waals surface area contributed by atoms with E-state index in [0.717, 1.165) is 16.8 Å². The SMILES string of the molecule is CCOc1cc(CNC(=O)c2nn(C)c3c2C[C@H](C)O[C@@H]3C)ccc1OC. The fourth-order valence-corrected chi connectivity index (χ4v) is 3.59. The lowest BCUT2D eigenvalue weighted by molar-refractivity contribution is -0.00903. The first kappa shape index (κ1) is 19.2. The van der Waals surface area contributed by atoms with Crippen LogP contribution in [0.3, 0.4) is 0 Å². The zero-order valence-corrected chi connectivity index (χ0v) is 16.5. The lowest BCUT2D eigenvalue weighted by atomic mass is 9.99. The van der Waals surface area contributed by atoms with Gasteiger partial charge in [0, 0.05) is 25.6 Å². The van der Waals surface area contributed by atoms with E-state index >= 15 is 0 Å². The van der Waals surface area contributed by atoms with Crippen molar-refractivity contribution in [3.8, 4) is 11.5 Å². The van der Waals surface area contributed by atoms with Crippen molar-refractivity contribution in [1.29, 1.82) is 0 Å². The maximum Gasteiger partial charge on any atom is 0.272 e. The van der Waals surface area contributed by atoms with Crippen molar-refractivity contribution in [2.24, 2.45) is 7.05 Å². The minimum Gasteiger partial charge on any atom is -0.493 e. The maximum atomic E-state index is 12.8. The van der Waals surface area contributed by atoms with E-state index in [1.54, 1.807) is 11.8 Å². The van der Waals surface area contributed by atoms with Crippen molar-refractivity contribution < 1.29 is 19.0 Å². The number of hydrogen-bond acceptors (Lipinski definition) is 5. The number of carbonyl (C=O) groups is 1. The number of amides is 1. The molecule has 2 heterocycles. The zero-order valence-electron chi connectivity index (χ0n) is 16.5. The second kappa shape index (κ2) is 8.00. The fraction of sp³-hybridized carbons (Fsp3) is 0.500. The van der Waals surface area contributed by atoms with Crippen LogP contribution in [0, 0.1) is 0 Å². The van der Waals surface area contributed by atoms with Gasteiger partial charge in [-0.05, 0) is 38.5 Å². The Morgan fingerprint density at radius 3 is 2.85 bits per heavy atom. The maximum absolute atomic E-state index is 12.8. The van der Waals surface area contributed by atoms with Crippen molar-refractivity contribution >= 4 is 5.91 Å². The van der Waals surface area contributed by atoms with Crippen LogP contribution in [0.15, 0.2) is 18.2 Å². The first-order valence-corrected chi connectivity index (χ1v) is 9.23. The molecule has 0 saturated heterocycles. The highest BCUT2D eigenvalue weighted by Crippen LogP contribution is 2.32. The minimum atomic E-state index is -0.179. The number of aromatic nitrogens is 2. The van der Waals surface area contributed by atoms with Gasteiger partial charge < -0.3 is 19.5 Å². The Morgan fingerprint density at radius 1 is 1.37 bits per heavy atom. The van der Waals surface area contributed by atoms with Crippen LogP contribution in [0.1, 0.15) is 54.2 Å². The molecule has 1 amide bonds. The van der Waals surface area contributed by atoms with E-state index in [1.165, 1.54) is 0 Å². The van der Waals surface area contributed by atoms with Gasteiger partial charge in [-0.15, -0.1) is 0 Å².